The lowest BCUT2D eigenvalue weighted by Gasteiger charge is -2.32. The Labute approximate surface area is 170 Å². The lowest BCUT2D eigenvalue weighted by molar-refractivity contribution is 0.0692. The minimum Gasteiger partial charge on any atom is -0.478 e. The zero-order valence-corrected chi connectivity index (χ0v) is 16.6. The van der Waals surface area contributed by atoms with Crippen molar-refractivity contribution in [3.8, 4) is 0 Å². The number of piperidine rings is 1. The summed E-state index contributed by atoms with van der Waals surface area (Å²) in [5.41, 5.74) is 3.77. The molecule has 0 spiro atoms. The Morgan fingerprint density at radius 3 is 2.69 bits per heavy atom. The van der Waals surface area contributed by atoms with Gasteiger partial charge in [-0.05, 0) is 75.0 Å². The second-order valence-corrected chi connectivity index (χ2v) is 7.93. The first-order chi connectivity index (χ1) is 14.0. The molecule has 1 aliphatic rings. The van der Waals surface area contributed by atoms with Crippen molar-refractivity contribution >= 4 is 16.9 Å². The van der Waals surface area contributed by atoms with Gasteiger partial charge in [-0.1, -0.05) is 24.3 Å². The third kappa shape index (κ3) is 4.30. The van der Waals surface area contributed by atoms with E-state index in [-0.39, 0.29) is 11.1 Å². The summed E-state index contributed by atoms with van der Waals surface area (Å²) in [6, 6.07) is 14.7. The number of rotatable bonds is 5. The number of hydrogen-bond donors (Lipinski definition) is 1. The normalized spacial score (nSPS) is 15.7. The van der Waals surface area contributed by atoms with Crippen LogP contribution in [0.1, 0.15) is 40.0 Å². The van der Waals surface area contributed by atoms with Crippen molar-refractivity contribution in [2.24, 2.45) is 5.92 Å². The van der Waals surface area contributed by atoms with Gasteiger partial charge in [0.1, 0.15) is 5.82 Å². The predicted molar refractivity (Wildman–Crippen MR) is 112 cm³/mol. The average molecular weight is 392 g/mol. The van der Waals surface area contributed by atoms with E-state index < -0.39 is 11.8 Å². The molecule has 0 bridgehead atoms. The van der Waals surface area contributed by atoms with Crippen LogP contribution in [0.15, 0.2) is 48.5 Å². The maximum Gasteiger partial charge on any atom is 0.336 e. The van der Waals surface area contributed by atoms with E-state index in [1.807, 2.05) is 13.0 Å². The van der Waals surface area contributed by atoms with Crippen LogP contribution >= 0.6 is 0 Å². The van der Waals surface area contributed by atoms with Crippen LogP contribution in [0.25, 0.3) is 10.9 Å². The van der Waals surface area contributed by atoms with Crippen LogP contribution in [0, 0.1) is 18.7 Å². The van der Waals surface area contributed by atoms with Crippen molar-refractivity contribution in [2.45, 2.75) is 32.7 Å². The van der Waals surface area contributed by atoms with Gasteiger partial charge in [0.05, 0.1) is 11.1 Å². The van der Waals surface area contributed by atoms with Crippen LogP contribution < -0.4 is 0 Å². The van der Waals surface area contributed by atoms with E-state index >= 15 is 0 Å². The summed E-state index contributed by atoms with van der Waals surface area (Å²) in [6.45, 7) is 4.07. The SMILES string of the molecule is Cc1cc(CC2CCN(Cc3c(F)cccc3C(=O)O)CC2)c2ccccc2n1. The van der Waals surface area contributed by atoms with Crippen molar-refractivity contribution < 1.29 is 14.3 Å². The Bertz CT molecular complexity index is 1040. The summed E-state index contributed by atoms with van der Waals surface area (Å²) in [5, 5.41) is 10.6. The molecule has 1 aliphatic heterocycles. The maximum atomic E-state index is 14.2. The fourth-order valence-corrected chi connectivity index (χ4v) is 4.37. The highest BCUT2D eigenvalue weighted by atomic mass is 19.1. The van der Waals surface area contributed by atoms with Gasteiger partial charge in [0.15, 0.2) is 0 Å². The molecule has 150 valence electrons. The number of carboxylic acids is 1. The standard InChI is InChI=1S/C24H25FN2O2/c1-16-13-18(19-5-2-3-8-23(19)26-16)14-17-9-11-27(12-10-17)15-21-20(24(28)29)6-4-7-22(21)25/h2-8,13,17H,9-12,14-15H2,1H3,(H,28,29). The van der Waals surface area contributed by atoms with Crippen molar-refractivity contribution in [2.75, 3.05) is 13.1 Å². The quantitative estimate of drug-likeness (QED) is 0.675. The molecule has 0 atom stereocenters. The number of pyridine rings is 1. The van der Waals surface area contributed by atoms with E-state index in [9.17, 15) is 14.3 Å². The van der Waals surface area contributed by atoms with Crippen LogP contribution in [0.3, 0.4) is 0 Å². The molecule has 3 aromatic rings. The van der Waals surface area contributed by atoms with Crippen molar-refractivity contribution in [3.63, 3.8) is 0 Å². The van der Waals surface area contributed by atoms with E-state index in [4.69, 9.17) is 0 Å². The van der Waals surface area contributed by atoms with Crippen molar-refractivity contribution in [3.05, 3.63) is 76.7 Å². The van der Waals surface area contributed by atoms with E-state index in [1.54, 1.807) is 0 Å². The largest absolute Gasteiger partial charge is 0.478 e. The molecule has 5 heteroatoms. The minimum atomic E-state index is -1.07. The van der Waals surface area contributed by atoms with Gasteiger partial charge in [0.25, 0.3) is 0 Å². The molecule has 1 saturated heterocycles. The number of para-hydroxylation sites is 1. The number of aromatic carboxylic acids is 1. The van der Waals surface area contributed by atoms with E-state index in [0.717, 1.165) is 43.6 Å². The Kier molecular flexibility index (Phi) is 5.58. The smallest absolute Gasteiger partial charge is 0.336 e. The van der Waals surface area contributed by atoms with Gasteiger partial charge in [0, 0.05) is 23.2 Å². The minimum absolute atomic E-state index is 0.0610. The number of halogens is 1. The summed E-state index contributed by atoms with van der Waals surface area (Å²) in [7, 11) is 0. The molecule has 0 radical (unpaired) electrons. The summed E-state index contributed by atoms with van der Waals surface area (Å²) in [5.74, 6) is -0.948. The number of aromatic nitrogens is 1. The molecule has 29 heavy (non-hydrogen) atoms. The number of fused-ring (bicyclic) bond motifs is 1. The molecule has 4 rings (SSSR count). The highest BCUT2D eigenvalue weighted by Crippen LogP contribution is 2.27. The van der Waals surface area contributed by atoms with Gasteiger partial charge >= 0.3 is 5.97 Å². The van der Waals surface area contributed by atoms with E-state index in [0.29, 0.717) is 12.5 Å². The van der Waals surface area contributed by atoms with Crippen molar-refractivity contribution in [1.82, 2.24) is 9.88 Å². The third-order valence-electron chi connectivity index (χ3n) is 5.88. The van der Waals surface area contributed by atoms with Gasteiger partial charge in [-0.25, -0.2) is 9.18 Å². The number of benzene rings is 2. The van der Waals surface area contributed by atoms with Gasteiger partial charge in [0.2, 0.25) is 0 Å². The molecule has 1 N–H and O–H groups in total. The Balaban J connectivity index is 1.43. The number of aryl methyl sites for hydroxylation is 1. The molecule has 2 heterocycles. The molecule has 1 fully saturated rings. The monoisotopic (exact) mass is 392 g/mol. The summed E-state index contributed by atoms with van der Waals surface area (Å²) < 4.78 is 14.2. The van der Waals surface area contributed by atoms with Gasteiger partial charge in [-0.15, -0.1) is 0 Å². The summed E-state index contributed by atoms with van der Waals surface area (Å²) in [6.07, 6.45) is 3.05. The Hall–Kier alpha value is -2.79. The van der Waals surface area contributed by atoms with Gasteiger partial charge in [-0.2, -0.15) is 0 Å². The van der Waals surface area contributed by atoms with Crippen LogP contribution in [0.2, 0.25) is 0 Å². The van der Waals surface area contributed by atoms with E-state index in [1.165, 1.54) is 29.1 Å². The molecule has 0 saturated carbocycles. The molecular weight excluding hydrogens is 367 g/mol. The van der Waals surface area contributed by atoms with Crippen molar-refractivity contribution in [1.29, 1.82) is 0 Å². The third-order valence-corrected chi connectivity index (χ3v) is 5.88. The zero-order chi connectivity index (χ0) is 20.4. The zero-order valence-electron chi connectivity index (χ0n) is 16.6. The number of carboxylic acid groups (broad SMARTS) is 1. The van der Waals surface area contributed by atoms with Crippen LogP contribution in [0.5, 0.6) is 0 Å². The number of nitrogens with zero attached hydrogens (tertiary/aromatic N) is 2. The molecule has 0 unspecified atom stereocenters. The Morgan fingerprint density at radius 2 is 1.93 bits per heavy atom. The average Bonchev–Trinajstić information content (AvgIpc) is 2.70. The van der Waals surface area contributed by atoms with Gasteiger partial charge < -0.3 is 5.11 Å². The lowest BCUT2D eigenvalue weighted by atomic mass is 9.88. The number of carbonyl (C=O) groups is 1. The lowest BCUT2D eigenvalue weighted by Crippen LogP contribution is -2.34. The topological polar surface area (TPSA) is 53.4 Å². The molecule has 0 aliphatic carbocycles. The molecule has 2 aromatic carbocycles. The Morgan fingerprint density at radius 1 is 1.17 bits per heavy atom. The van der Waals surface area contributed by atoms with E-state index in [2.05, 4.69) is 34.1 Å². The summed E-state index contributed by atoms with van der Waals surface area (Å²) in [4.78, 5) is 18.2. The molecule has 0 amide bonds. The first-order valence-electron chi connectivity index (χ1n) is 10.1. The highest BCUT2D eigenvalue weighted by Gasteiger charge is 2.23. The fraction of sp³-hybridized carbons (Fsp3) is 0.333. The first-order valence-corrected chi connectivity index (χ1v) is 10.1. The maximum absolute atomic E-state index is 14.2. The van der Waals surface area contributed by atoms with Gasteiger partial charge in [-0.3, -0.25) is 9.88 Å². The first kappa shape index (κ1) is 19.5. The number of likely N-dealkylation sites (tertiary alicyclic amines) is 1. The summed E-state index contributed by atoms with van der Waals surface area (Å²) >= 11 is 0. The number of hydrogen-bond acceptors (Lipinski definition) is 3. The molecule has 1 aromatic heterocycles. The second kappa shape index (κ2) is 8.29. The fourth-order valence-electron chi connectivity index (χ4n) is 4.37. The van der Waals surface area contributed by atoms with Crippen LogP contribution in [-0.2, 0) is 13.0 Å². The molecular formula is C24H25FN2O2. The highest BCUT2D eigenvalue weighted by molar-refractivity contribution is 5.89. The molecule has 4 nitrogen and oxygen atoms in total. The van der Waals surface area contributed by atoms with Crippen LogP contribution in [0.4, 0.5) is 4.39 Å². The second-order valence-electron chi connectivity index (χ2n) is 7.93. The predicted octanol–water partition coefficient (Wildman–Crippen LogP) is 4.84. The van der Waals surface area contributed by atoms with Crippen LogP contribution in [-0.4, -0.2) is 34.0 Å².